The Labute approximate surface area is 149 Å². The predicted molar refractivity (Wildman–Crippen MR) is 96.8 cm³/mol. The van der Waals surface area contributed by atoms with Gasteiger partial charge in [0.25, 0.3) is 5.56 Å². The van der Waals surface area contributed by atoms with Gasteiger partial charge in [-0.25, -0.2) is 4.79 Å². The highest BCUT2D eigenvalue weighted by Gasteiger charge is 2.09. The van der Waals surface area contributed by atoms with Gasteiger partial charge in [0.05, 0.1) is 37.3 Å². The Morgan fingerprint density at radius 1 is 1.12 bits per heavy atom. The van der Waals surface area contributed by atoms with E-state index in [2.05, 4.69) is 4.98 Å². The second kappa shape index (κ2) is 7.37. The first-order chi connectivity index (χ1) is 12.5. The molecular weight excluding hydrogens is 334 g/mol. The van der Waals surface area contributed by atoms with Gasteiger partial charge in [-0.15, -0.1) is 0 Å². The molecule has 1 atom stereocenters. The van der Waals surface area contributed by atoms with Crippen LogP contribution in [-0.4, -0.2) is 26.3 Å². The summed E-state index contributed by atoms with van der Waals surface area (Å²) in [5.74, 6) is 0.704. The van der Waals surface area contributed by atoms with Crippen molar-refractivity contribution in [3.63, 3.8) is 0 Å². The number of hydrogen-bond acceptors (Lipinski definition) is 5. The summed E-state index contributed by atoms with van der Waals surface area (Å²) in [6.45, 7) is 1.77. The number of rotatable bonds is 5. The Morgan fingerprint density at radius 3 is 2.42 bits per heavy atom. The molecule has 7 nitrogen and oxygen atoms in total. The monoisotopic (exact) mass is 353 g/mol. The third-order valence-electron chi connectivity index (χ3n) is 4.05. The van der Waals surface area contributed by atoms with Crippen LogP contribution in [0.3, 0.4) is 0 Å². The van der Waals surface area contributed by atoms with Crippen LogP contribution in [0.1, 0.15) is 24.3 Å². The maximum Gasteiger partial charge on any atom is 0.335 e. The Bertz CT molecular complexity index is 1000. The molecule has 0 bridgehead atoms. The minimum atomic E-state index is -0.690. The van der Waals surface area contributed by atoms with Gasteiger partial charge in [0, 0.05) is 12.3 Å². The summed E-state index contributed by atoms with van der Waals surface area (Å²) in [4.78, 5) is 29.1. The topological polar surface area (TPSA) is 86.3 Å². The molecule has 2 heterocycles. The molecule has 0 saturated carbocycles. The molecule has 0 aliphatic carbocycles. The smallest absolute Gasteiger partial charge is 0.335 e. The van der Waals surface area contributed by atoms with Crippen molar-refractivity contribution in [2.24, 2.45) is 0 Å². The molecule has 0 saturated heterocycles. The lowest BCUT2D eigenvalue weighted by atomic mass is 10.2. The molecule has 7 heteroatoms. The quantitative estimate of drug-likeness (QED) is 0.751. The van der Waals surface area contributed by atoms with E-state index >= 15 is 0 Å². The standard InChI is InChI=1S/C19H19N3O4/c1-13(23)17-8-5-15(11-20-17)21-10-9-18(24)22(19(21)25)12-14-3-6-16(26-2)7-4-14/h3-11,13,23H,12H2,1-2H3. The second-order valence-corrected chi connectivity index (χ2v) is 5.86. The number of methoxy groups -OCH3 is 1. The lowest BCUT2D eigenvalue weighted by Crippen LogP contribution is -2.38. The van der Waals surface area contributed by atoms with Crippen LogP contribution in [0.4, 0.5) is 0 Å². The van der Waals surface area contributed by atoms with E-state index in [9.17, 15) is 14.7 Å². The van der Waals surface area contributed by atoms with E-state index in [1.54, 1.807) is 50.4 Å². The molecule has 1 N–H and O–H groups in total. The van der Waals surface area contributed by atoms with Gasteiger partial charge < -0.3 is 9.84 Å². The molecule has 1 aromatic carbocycles. The fourth-order valence-electron chi connectivity index (χ4n) is 2.56. The third kappa shape index (κ3) is 3.57. The summed E-state index contributed by atoms with van der Waals surface area (Å²) in [5.41, 5.74) is 0.997. The number of aliphatic hydroxyl groups is 1. The van der Waals surface area contributed by atoms with Crippen molar-refractivity contribution < 1.29 is 9.84 Å². The average molecular weight is 353 g/mol. The first kappa shape index (κ1) is 17.6. The zero-order chi connectivity index (χ0) is 18.7. The maximum absolute atomic E-state index is 12.8. The summed E-state index contributed by atoms with van der Waals surface area (Å²) in [7, 11) is 1.58. The molecular formula is C19H19N3O4. The van der Waals surface area contributed by atoms with Crippen molar-refractivity contribution in [1.29, 1.82) is 0 Å². The highest BCUT2D eigenvalue weighted by atomic mass is 16.5. The molecule has 3 aromatic rings. The summed E-state index contributed by atoms with van der Waals surface area (Å²) in [6.07, 6.45) is 2.23. The molecule has 3 rings (SSSR count). The van der Waals surface area contributed by atoms with Crippen molar-refractivity contribution in [3.05, 3.63) is 87.0 Å². The molecule has 26 heavy (non-hydrogen) atoms. The van der Waals surface area contributed by atoms with Crippen molar-refractivity contribution in [3.8, 4) is 11.4 Å². The molecule has 134 valence electrons. The Balaban J connectivity index is 1.98. The fourth-order valence-corrected chi connectivity index (χ4v) is 2.56. The number of aliphatic hydroxyl groups excluding tert-OH is 1. The van der Waals surface area contributed by atoms with Crippen LogP contribution < -0.4 is 16.0 Å². The zero-order valence-electron chi connectivity index (χ0n) is 14.5. The van der Waals surface area contributed by atoms with Crippen LogP contribution in [0.15, 0.2) is 64.4 Å². The van der Waals surface area contributed by atoms with E-state index in [-0.39, 0.29) is 12.1 Å². The molecule has 0 spiro atoms. The first-order valence-electron chi connectivity index (χ1n) is 8.09. The molecule has 2 aromatic heterocycles. The summed E-state index contributed by atoms with van der Waals surface area (Å²) < 4.78 is 7.62. The van der Waals surface area contributed by atoms with E-state index in [0.29, 0.717) is 17.1 Å². The number of hydrogen-bond donors (Lipinski definition) is 1. The van der Waals surface area contributed by atoms with E-state index < -0.39 is 11.8 Å². The van der Waals surface area contributed by atoms with Gasteiger partial charge in [0.2, 0.25) is 0 Å². The van der Waals surface area contributed by atoms with E-state index in [1.807, 2.05) is 0 Å². The van der Waals surface area contributed by atoms with Crippen molar-refractivity contribution in [2.75, 3.05) is 7.11 Å². The van der Waals surface area contributed by atoms with Crippen LogP contribution in [0.25, 0.3) is 5.69 Å². The van der Waals surface area contributed by atoms with E-state index in [4.69, 9.17) is 4.74 Å². The zero-order valence-corrected chi connectivity index (χ0v) is 14.5. The molecule has 0 amide bonds. The van der Waals surface area contributed by atoms with Crippen LogP contribution in [0, 0.1) is 0 Å². The van der Waals surface area contributed by atoms with Crippen LogP contribution in [-0.2, 0) is 6.54 Å². The Kier molecular flexibility index (Phi) is 4.99. The Hall–Kier alpha value is -3.19. The first-order valence-corrected chi connectivity index (χ1v) is 8.09. The van der Waals surface area contributed by atoms with Gasteiger partial charge in [-0.3, -0.25) is 18.9 Å². The van der Waals surface area contributed by atoms with Crippen LogP contribution in [0.5, 0.6) is 5.75 Å². The highest BCUT2D eigenvalue weighted by Crippen LogP contribution is 2.12. The summed E-state index contributed by atoms with van der Waals surface area (Å²) in [6, 6.07) is 11.8. The van der Waals surface area contributed by atoms with Crippen molar-refractivity contribution >= 4 is 0 Å². The third-order valence-corrected chi connectivity index (χ3v) is 4.05. The summed E-state index contributed by atoms with van der Waals surface area (Å²) >= 11 is 0. The fraction of sp³-hybridized carbons (Fsp3) is 0.211. The van der Waals surface area contributed by atoms with E-state index in [1.165, 1.54) is 23.0 Å². The average Bonchev–Trinajstić information content (AvgIpc) is 2.66. The Morgan fingerprint density at radius 2 is 1.85 bits per heavy atom. The lowest BCUT2D eigenvalue weighted by Gasteiger charge is -2.11. The number of aromatic nitrogens is 3. The van der Waals surface area contributed by atoms with E-state index in [0.717, 1.165) is 10.1 Å². The largest absolute Gasteiger partial charge is 0.497 e. The predicted octanol–water partition coefficient (Wildman–Crippen LogP) is 1.50. The van der Waals surface area contributed by atoms with Crippen molar-refractivity contribution in [1.82, 2.24) is 14.1 Å². The van der Waals surface area contributed by atoms with Gasteiger partial charge in [-0.1, -0.05) is 12.1 Å². The minimum Gasteiger partial charge on any atom is -0.497 e. The number of ether oxygens (including phenoxy) is 1. The SMILES string of the molecule is COc1ccc(Cn2c(=O)ccn(-c3ccc(C(C)O)nc3)c2=O)cc1. The number of nitrogens with zero attached hydrogens (tertiary/aromatic N) is 3. The summed E-state index contributed by atoms with van der Waals surface area (Å²) in [5, 5.41) is 9.54. The molecule has 0 radical (unpaired) electrons. The van der Waals surface area contributed by atoms with Gasteiger partial charge in [0.1, 0.15) is 5.75 Å². The van der Waals surface area contributed by atoms with Gasteiger partial charge in [-0.2, -0.15) is 0 Å². The molecule has 0 fully saturated rings. The normalized spacial score (nSPS) is 12.0. The van der Waals surface area contributed by atoms with Gasteiger partial charge in [-0.05, 0) is 36.8 Å². The minimum absolute atomic E-state index is 0.154. The second-order valence-electron chi connectivity index (χ2n) is 5.86. The molecule has 1 unspecified atom stereocenters. The number of pyridine rings is 1. The van der Waals surface area contributed by atoms with Gasteiger partial charge >= 0.3 is 5.69 Å². The van der Waals surface area contributed by atoms with Crippen molar-refractivity contribution in [2.45, 2.75) is 19.6 Å². The highest BCUT2D eigenvalue weighted by molar-refractivity contribution is 5.30. The van der Waals surface area contributed by atoms with Crippen LogP contribution in [0.2, 0.25) is 0 Å². The lowest BCUT2D eigenvalue weighted by molar-refractivity contribution is 0.194. The van der Waals surface area contributed by atoms with Crippen LogP contribution >= 0.6 is 0 Å². The molecule has 0 aliphatic heterocycles. The maximum atomic E-state index is 12.8. The molecule has 0 aliphatic rings. The number of benzene rings is 1. The van der Waals surface area contributed by atoms with Gasteiger partial charge in [0.15, 0.2) is 0 Å².